The maximum absolute atomic E-state index is 11.8. The van der Waals surface area contributed by atoms with Gasteiger partial charge in [-0.1, -0.05) is 0 Å². The Hall–Kier alpha value is -0.320. The highest BCUT2D eigenvalue weighted by Crippen LogP contribution is 2.13. The van der Waals surface area contributed by atoms with Crippen molar-refractivity contribution in [3.05, 3.63) is 0 Å². The van der Waals surface area contributed by atoms with Crippen LogP contribution in [0.2, 0.25) is 0 Å². The van der Waals surface area contributed by atoms with Gasteiger partial charge in [-0.2, -0.15) is 0 Å². The van der Waals surface area contributed by atoms with E-state index in [0.29, 0.717) is 19.0 Å². The Labute approximate surface area is 102 Å². The number of hydrogen-bond acceptors (Lipinski definition) is 3. The standard InChI is InChI=1S/C11H21ClN2O2/c1-13(2)9-11(15)14-6-3-10(4-7-14)16-8-5-12/h10H,3-9H2,1-2H3. The molecule has 94 valence electrons. The average Bonchev–Trinajstić information content (AvgIpc) is 2.26. The minimum absolute atomic E-state index is 0.209. The van der Waals surface area contributed by atoms with Crippen molar-refractivity contribution >= 4 is 17.5 Å². The molecule has 1 saturated heterocycles. The predicted octanol–water partition coefficient (Wildman–Crippen LogP) is 0.794. The summed E-state index contributed by atoms with van der Waals surface area (Å²) in [5.41, 5.74) is 0. The zero-order valence-electron chi connectivity index (χ0n) is 10.1. The van der Waals surface area contributed by atoms with Crippen molar-refractivity contribution in [2.75, 3.05) is 46.2 Å². The van der Waals surface area contributed by atoms with E-state index in [2.05, 4.69) is 0 Å². The molecule has 0 N–H and O–H groups in total. The number of carbonyl (C=O) groups excluding carboxylic acids is 1. The molecule has 1 fully saturated rings. The van der Waals surface area contributed by atoms with E-state index >= 15 is 0 Å². The molecule has 0 aromatic rings. The van der Waals surface area contributed by atoms with E-state index < -0.39 is 0 Å². The van der Waals surface area contributed by atoms with Gasteiger partial charge in [0.25, 0.3) is 0 Å². The van der Waals surface area contributed by atoms with E-state index in [-0.39, 0.29) is 12.0 Å². The number of ether oxygens (including phenoxy) is 1. The van der Waals surface area contributed by atoms with Crippen molar-refractivity contribution in [2.24, 2.45) is 0 Å². The molecule has 0 saturated carbocycles. The first-order valence-electron chi connectivity index (χ1n) is 5.73. The highest BCUT2D eigenvalue weighted by atomic mass is 35.5. The van der Waals surface area contributed by atoms with Gasteiger partial charge in [0, 0.05) is 19.0 Å². The molecule has 0 aromatic heterocycles. The molecule has 4 nitrogen and oxygen atoms in total. The quantitative estimate of drug-likeness (QED) is 0.675. The van der Waals surface area contributed by atoms with Gasteiger partial charge >= 0.3 is 0 Å². The smallest absolute Gasteiger partial charge is 0.236 e. The molecular formula is C11H21ClN2O2. The third-order valence-electron chi connectivity index (χ3n) is 2.68. The summed E-state index contributed by atoms with van der Waals surface area (Å²) >= 11 is 5.56. The Morgan fingerprint density at radius 2 is 2.06 bits per heavy atom. The molecule has 5 heteroatoms. The van der Waals surface area contributed by atoms with Crippen molar-refractivity contribution in [1.29, 1.82) is 0 Å². The SMILES string of the molecule is CN(C)CC(=O)N1CCC(OCCCl)CC1. The van der Waals surface area contributed by atoms with E-state index in [4.69, 9.17) is 16.3 Å². The molecular weight excluding hydrogens is 228 g/mol. The van der Waals surface area contributed by atoms with Gasteiger partial charge in [0.15, 0.2) is 0 Å². The lowest BCUT2D eigenvalue weighted by Gasteiger charge is -2.32. The normalized spacial score (nSPS) is 18.1. The molecule has 0 aromatic carbocycles. The Morgan fingerprint density at radius 3 is 2.56 bits per heavy atom. The third-order valence-corrected chi connectivity index (χ3v) is 2.83. The number of amides is 1. The van der Waals surface area contributed by atoms with Crippen molar-refractivity contribution in [3.8, 4) is 0 Å². The highest BCUT2D eigenvalue weighted by molar-refractivity contribution is 6.17. The van der Waals surface area contributed by atoms with Gasteiger partial charge in [0.2, 0.25) is 5.91 Å². The molecule has 0 radical (unpaired) electrons. The topological polar surface area (TPSA) is 32.8 Å². The van der Waals surface area contributed by atoms with Crippen LogP contribution in [-0.2, 0) is 9.53 Å². The summed E-state index contributed by atoms with van der Waals surface area (Å²) in [6, 6.07) is 0. The van der Waals surface area contributed by atoms with E-state index in [1.807, 2.05) is 23.9 Å². The minimum Gasteiger partial charge on any atom is -0.377 e. The van der Waals surface area contributed by atoms with Crippen LogP contribution in [0.15, 0.2) is 0 Å². The maximum atomic E-state index is 11.8. The highest BCUT2D eigenvalue weighted by Gasteiger charge is 2.22. The second-order valence-corrected chi connectivity index (χ2v) is 4.76. The Kier molecular flexibility index (Phi) is 6.09. The van der Waals surface area contributed by atoms with Crippen molar-refractivity contribution in [2.45, 2.75) is 18.9 Å². The molecule has 1 heterocycles. The Bertz CT molecular complexity index is 216. The molecule has 0 spiro atoms. The van der Waals surface area contributed by atoms with Gasteiger partial charge in [-0.25, -0.2) is 0 Å². The predicted molar refractivity (Wildman–Crippen MR) is 64.8 cm³/mol. The van der Waals surface area contributed by atoms with Gasteiger partial charge < -0.3 is 14.5 Å². The minimum atomic E-state index is 0.209. The first-order valence-corrected chi connectivity index (χ1v) is 6.27. The fourth-order valence-corrected chi connectivity index (χ4v) is 1.94. The molecule has 0 unspecified atom stereocenters. The van der Waals surface area contributed by atoms with Crippen LogP contribution in [-0.4, -0.2) is 68.0 Å². The van der Waals surface area contributed by atoms with E-state index in [1.165, 1.54) is 0 Å². The molecule has 1 aliphatic heterocycles. The van der Waals surface area contributed by atoms with E-state index in [9.17, 15) is 4.79 Å². The number of alkyl halides is 1. The number of likely N-dealkylation sites (N-methyl/N-ethyl adjacent to an activating group) is 1. The summed E-state index contributed by atoms with van der Waals surface area (Å²) in [4.78, 5) is 15.6. The molecule has 0 atom stereocenters. The van der Waals surface area contributed by atoms with Gasteiger partial charge in [-0.15, -0.1) is 11.6 Å². The number of piperidine rings is 1. The lowest BCUT2D eigenvalue weighted by Crippen LogP contribution is -2.44. The van der Waals surface area contributed by atoms with Crippen LogP contribution in [0.4, 0.5) is 0 Å². The first-order chi connectivity index (χ1) is 7.63. The van der Waals surface area contributed by atoms with Gasteiger partial charge in [0.1, 0.15) is 0 Å². The second kappa shape index (κ2) is 7.09. The van der Waals surface area contributed by atoms with Crippen molar-refractivity contribution < 1.29 is 9.53 Å². The summed E-state index contributed by atoms with van der Waals surface area (Å²) in [5.74, 6) is 0.751. The number of carbonyl (C=O) groups is 1. The van der Waals surface area contributed by atoms with Crippen LogP contribution in [0.3, 0.4) is 0 Å². The van der Waals surface area contributed by atoms with Crippen LogP contribution in [0.25, 0.3) is 0 Å². The summed E-state index contributed by atoms with van der Waals surface area (Å²) in [6.45, 7) is 2.71. The van der Waals surface area contributed by atoms with Crippen LogP contribution in [0, 0.1) is 0 Å². The summed E-state index contributed by atoms with van der Waals surface area (Å²) < 4.78 is 5.56. The number of hydrogen-bond donors (Lipinski definition) is 0. The summed E-state index contributed by atoms with van der Waals surface area (Å²) in [6.07, 6.45) is 2.13. The lowest BCUT2D eigenvalue weighted by atomic mass is 10.1. The van der Waals surface area contributed by atoms with Crippen LogP contribution in [0.5, 0.6) is 0 Å². The molecule has 1 rings (SSSR count). The van der Waals surface area contributed by atoms with Gasteiger partial charge in [-0.3, -0.25) is 4.79 Å². The fraction of sp³-hybridized carbons (Fsp3) is 0.909. The van der Waals surface area contributed by atoms with Gasteiger partial charge in [-0.05, 0) is 26.9 Å². The summed E-state index contributed by atoms with van der Waals surface area (Å²) in [7, 11) is 3.82. The summed E-state index contributed by atoms with van der Waals surface area (Å²) in [5, 5.41) is 0. The van der Waals surface area contributed by atoms with Gasteiger partial charge in [0.05, 0.1) is 19.3 Å². The Morgan fingerprint density at radius 1 is 1.44 bits per heavy atom. The van der Waals surface area contributed by atoms with Crippen molar-refractivity contribution in [3.63, 3.8) is 0 Å². The fourth-order valence-electron chi connectivity index (χ4n) is 1.85. The zero-order chi connectivity index (χ0) is 12.0. The van der Waals surface area contributed by atoms with Crippen LogP contribution < -0.4 is 0 Å². The van der Waals surface area contributed by atoms with Crippen LogP contribution in [0.1, 0.15) is 12.8 Å². The maximum Gasteiger partial charge on any atom is 0.236 e. The lowest BCUT2D eigenvalue weighted by molar-refractivity contribution is -0.134. The number of halogens is 1. The number of rotatable bonds is 5. The third kappa shape index (κ3) is 4.68. The monoisotopic (exact) mass is 248 g/mol. The first kappa shape index (κ1) is 13.7. The largest absolute Gasteiger partial charge is 0.377 e. The Balaban J connectivity index is 2.23. The zero-order valence-corrected chi connectivity index (χ0v) is 10.9. The molecule has 16 heavy (non-hydrogen) atoms. The number of nitrogens with zero attached hydrogens (tertiary/aromatic N) is 2. The van der Waals surface area contributed by atoms with Crippen molar-refractivity contribution in [1.82, 2.24) is 9.80 Å². The van der Waals surface area contributed by atoms with E-state index in [0.717, 1.165) is 25.9 Å². The second-order valence-electron chi connectivity index (χ2n) is 4.38. The molecule has 0 aliphatic carbocycles. The average molecular weight is 249 g/mol. The molecule has 1 aliphatic rings. The number of likely N-dealkylation sites (tertiary alicyclic amines) is 1. The van der Waals surface area contributed by atoms with E-state index in [1.54, 1.807) is 0 Å². The molecule has 1 amide bonds. The molecule has 0 bridgehead atoms. The van der Waals surface area contributed by atoms with Crippen LogP contribution >= 0.6 is 11.6 Å².